The Balaban J connectivity index is 1.60. The molecule has 3 aromatic carbocycles. The molecule has 0 heterocycles. The molecule has 6 nitrogen and oxygen atoms in total. The molecule has 0 atom stereocenters. The summed E-state index contributed by atoms with van der Waals surface area (Å²) in [5, 5.41) is 39.0. The molecule has 0 bridgehead atoms. The van der Waals surface area contributed by atoms with Crippen LogP contribution >= 0.6 is 46.4 Å². The van der Waals surface area contributed by atoms with Gasteiger partial charge in [-0.15, -0.1) is 0 Å². The molecule has 0 fully saturated rings. The summed E-state index contributed by atoms with van der Waals surface area (Å²) in [7, 11) is 0. The van der Waals surface area contributed by atoms with E-state index in [1.807, 2.05) is 24.3 Å². The van der Waals surface area contributed by atoms with Gasteiger partial charge in [0.2, 0.25) is 0 Å². The summed E-state index contributed by atoms with van der Waals surface area (Å²) in [5.41, 5.74) is 2.30. The number of hydrogen-bond donors (Lipinski definition) is 0. The van der Waals surface area contributed by atoms with Gasteiger partial charge in [-0.05, 0) is 58.7 Å². The van der Waals surface area contributed by atoms with E-state index in [2.05, 4.69) is 0 Å². The summed E-state index contributed by atoms with van der Waals surface area (Å²) < 4.78 is 0. The fraction of sp³-hybridized carbons (Fsp3) is 0. The van der Waals surface area contributed by atoms with E-state index in [4.69, 9.17) is 46.4 Å². The number of hydrogen-bond acceptors (Lipinski definition) is 6. The van der Waals surface area contributed by atoms with E-state index >= 15 is 0 Å². The average Bonchev–Trinajstić information content (AvgIpc) is 3.37. The topological polar surface area (TPSA) is 129 Å². The lowest BCUT2D eigenvalue weighted by atomic mass is 9.96. The van der Waals surface area contributed by atoms with Crippen molar-refractivity contribution in [2.75, 3.05) is 0 Å². The van der Waals surface area contributed by atoms with E-state index in [0.29, 0.717) is 22.3 Å². The number of carbonyl (C=O) groups is 2. The lowest BCUT2D eigenvalue weighted by Crippen LogP contribution is -1.97. The van der Waals surface area contributed by atoms with Crippen molar-refractivity contribution in [2.24, 2.45) is 0 Å². The first kappa shape index (κ1) is 28.6. The van der Waals surface area contributed by atoms with Gasteiger partial charge in [0.1, 0.15) is 35.4 Å². The fourth-order valence-corrected chi connectivity index (χ4v) is 5.45. The van der Waals surface area contributed by atoms with Crippen LogP contribution in [0, 0.1) is 45.3 Å². The number of rotatable bonds is 2. The van der Waals surface area contributed by atoms with Crippen LogP contribution in [0.15, 0.2) is 70.8 Å². The minimum absolute atomic E-state index is 0.126. The SMILES string of the molecule is N#CC(C#N)=C1/C(=C/c2ccc(/C=C3\C(=O)c4cc(Cl)c(Cl)cc4C3=C(C#N)C#N)cc2)C(=O)c2cc(Cl)c(Cl)cc21. The quantitative estimate of drug-likeness (QED) is 0.208. The van der Waals surface area contributed by atoms with Crippen LogP contribution in [0.3, 0.4) is 0 Å². The minimum atomic E-state index is -0.422. The Labute approximate surface area is 259 Å². The van der Waals surface area contributed by atoms with Gasteiger partial charge in [-0.1, -0.05) is 70.7 Å². The maximum absolute atomic E-state index is 13.3. The zero-order chi connectivity index (χ0) is 30.3. The van der Waals surface area contributed by atoms with Gasteiger partial charge in [-0.2, -0.15) is 21.0 Å². The second-order valence-corrected chi connectivity index (χ2v) is 10.6. The van der Waals surface area contributed by atoms with E-state index in [9.17, 15) is 30.6 Å². The summed E-state index contributed by atoms with van der Waals surface area (Å²) in [6, 6.07) is 19.8. The summed E-state index contributed by atoms with van der Waals surface area (Å²) in [6.45, 7) is 0. The molecule has 3 aromatic rings. The van der Waals surface area contributed by atoms with Crippen LogP contribution in [0.5, 0.6) is 0 Å². The zero-order valence-corrected chi connectivity index (χ0v) is 23.9. The second kappa shape index (κ2) is 11.2. The molecule has 5 rings (SSSR count). The number of benzene rings is 3. The van der Waals surface area contributed by atoms with E-state index in [0.717, 1.165) is 0 Å². The predicted molar refractivity (Wildman–Crippen MR) is 160 cm³/mol. The number of Topliss-reactive ketones (excluding diaryl/α,β-unsaturated/α-hetero) is 2. The van der Waals surface area contributed by atoms with Gasteiger partial charge >= 0.3 is 0 Å². The number of nitrogens with zero attached hydrogens (tertiary/aromatic N) is 4. The lowest BCUT2D eigenvalue weighted by molar-refractivity contribution is 0.103. The lowest BCUT2D eigenvalue weighted by Gasteiger charge is -2.05. The molecular weight excluding hydrogens is 614 g/mol. The van der Waals surface area contributed by atoms with Crippen molar-refractivity contribution in [3.8, 4) is 24.3 Å². The molecule has 0 radical (unpaired) electrons. The molecule has 2 aliphatic carbocycles. The fourth-order valence-electron chi connectivity index (χ4n) is 4.80. The van der Waals surface area contributed by atoms with E-state index in [-0.39, 0.29) is 64.7 Å². The Morgan fingerprint density at radius 3 is 1.10 bits per heavy atom. The van der Waals surface area contributed by atoms with Gasteiger partial charge in [0.05, 0.1) is 20.1 Å². The first-order valence-corrected chi connectivity index (χ1v) is 13.4. The molecule has 42 heavy (non-hydrogen) atoms. The third-order valence-electron chi connectivity index (χ3n) is 6.68. The number of carbonyl (C=O) groups excluding carboxylic acids is 2. The highest BCUT2D eigenvalue weighted by Crippen LogP contribution is 2.44. The largest absolute Gasteiger partial charge is 0.289 e. The molecule has 0 unspecified atom stereocenters. The number of nitriles is 4. The molecule has 0 amide bonds. The Hall–Kier alpha value is -4.92. The first-order chi connectivity index (χ1) is 20.1. The molecular formula is C32H10Cl4N4O2. The van der Waals surface area contributed by atoms with Crippen LogP contribution in [0.2, 0.25) is 20.1 Å². The van der Waals surface area contributed by atoms with Crippen molar-refractivity contribution in [2.45, 2.75) is 0 Å². The number of ketones is 2. The zero-order valence-electron chi connectivity index (χ0n) is 20.9. The van der Waals surface area contributed by atoms with E-state index < -0.39 is 11.6 Å². The molecule has 0 aromatic heterocycles. The highest BCUT2D eigenvalue weighted by molar-refractivity contribution is 6.44. The van der Waals surface area contributed by atoms with Crippen molar-refractivity contribution < 1.29 is 9.59 Å². The van der Waals surface area contributed by atoms with Crippen molar-refractivity contribution in [1.29, 1.82) is 21.0 Å². The molecule has 10 heteroatoms. The third kappa shape index (κ3) is 4.70. The van der Waals surface area contributed by atoms with Crippen LogP contribution in [-0.2, 0) is 0 Å². The minimum Gasteiger partial charge on any atom is -0.289 e. The van der Waals surface area contributed by atoms with Crippen molar-refractivity contribution in [1.82, 2.24) is 0 Å². The van der Waals surface area contributed by atoms with Crippen molar-refractivity contribution >= 4 is 81.3 Å². The number of halogens is 4. The molecule has 0 saturated carbocycles. The molecule has 0 aliphatic heterocycles. The van der Waals surface area contributed by atoms with Crippen LogP contribution in [0.4, 0.5) is 0 Å². The normalized spacial score (nSPS) is 15.1. The highest BCUT2D eigenvalue weighted by atomic mass is 35.5. The monoisotopic (exact) mass is 622 g/mol. The van der Waals surface area contributed by atoms with Gasteiger partial charge in [-0.3, -0.25) is 9.59 Å². The average molecular weight is 624 g/mol. The van der Waals surface area contributed by atoms with Crippen molar-refractivity contribution in [3.63, 3.8) is 0 Å². The van der Waals surface area contributed by atoms with E-state index in [1.165, 1.54) is 24.3 Å². The molecule has 198 valence electrons. The van der Waals surface area contributed by atoms with Gasteiger partial charge in [-0.25, -0.2) is 0 Å². The van der Waals surface area contributed by atoms with Crippen LogP contribution in [-0.4, -0.2) is 11.6 Å². The summed E-state index contributed by atoms with van der Waals surface area (Å²) >= 11 is 24.6. The van der Waals surface area contributed by atoms with Gasteiger partial charge in [0, 0.05) is 33.4 Å². The highest BCUT2D eigenvalue weighted by Gasteiger charge is 2.35. The van der Waals surface area contributed by atoms with Gasteiger partial charge in [0.15, 0.2) is 11.6 Å². The molecule has 2 aliphatic rings. The number of allylic oxidation sites excluding steroid dienone is 6. The maximum Gasteiger partial charge on any atom is 0.194 e. The Bertz CT molecular complexity index is 1910. The second-order valence-electron chi connectivity index (χ2n) is 9.01. The van der Waals surface area contributed by atoms with Crippen LogP contribution < -0.4 is 0 Å². The third-order valence-corrected chi connectivity index (χ3v) is 8.13. The maximum atomic E-state index is 13.3. The first-order valence-electron chi connectivity index (χ1n) is 11.8. The Morgan fingerprint density at radius 2 is 0.810 bits per heavy atom. The summed E-state index contributed by atoms with van der Waals surface area (Å²) in [4.78, 5) is 26.6. The van der Waals surface area contributed by atoms with Gasteiger partial charge < -0.3 is 0 Å². The molecule has 0 saturated heterocycles. The summed E-state index contributed by atoms with van der Waals surface area (Å²) in [5.74, 6) is -0.843. The summed E-state index contributed by atoms with van der Waals surface area (Å²) in [6.07, 6.45) is 3.08. The molecule has 0 N–H and O–H groups in total. The van der Waals surface area contributed by atoms with Crippen LogP contribution in [0.1, 0.15) is 43.0 Å². The Morgan fingerprint density at radius 1 is 0.524 bits per heavy atom. The predicted octanol–water partition coefficient (Wildman–Crippen LogP) is 8.46. The van der Waals surface area contributed by atoms with Crippen molar-refractivity contribution in [3.05, 3.63) is 124 Å². The van der Waals surface area contributed by atoms with Gasteiger partial charge in [0.25, 0.3) is 0 Å². The molecule has 0 spiro atoms. The smallest absolute Gasteiger partial charge is 0.194 e. The Kier molecular flexibility index (Phi) is 7.60. The standard InChI is InChI=1S/C32H10Cl4N4O2/c33-25-7-19-21(9-27(25)35)31(41)23(29(19)17(11-37)12-38)5-15-1-2-16(4-3-15)6-24-30(18(13-39)14-40)20-8-26(34)28(36)10-22(20)32(24)42/h1-10H/b23-5-,24-6-. The van der Waals surface area contributed by atoms with E-state index in [1.54, 1.807) is 36.4 Å². The van der Waals surface area contributed by atoms with Crippen LogP contribution in [0.25, 0.3) is 23.3 Å². The number of fused-ring (bicyclic) bond motifs is 2.